The lowest BCUT2D eigenvalue weighted by Gasteiger charge is -2.11. The van der Waals surface area contributed by atoms with Crippen molar-refractivity contribution >= 4 is 11.6 Å². The van der Waals surface area contributed by atoms with Crippen molar-refractivity contribution < 1.29 is 27.5 Å². The van der Waals surface area contributed by atoms with E-state index in [0.29, 0.717) is 0 Å². The third-order valence-corrected chi connectivity index (χ3v) is 3.52. The Morgan fingerprint density at radius 1 is 1.24 bits per heavy atom. The van der Waals surface area contributed by atoms with Gasteiger partial charge in [0, 0.05) is 6.20 Å². The van der Waals surface area contributed by atoms with Gasteiger partial charge in [0.2, 0.25) is 0 Å². The molecule has 4 nitrogen and oxygen atoms in total. The van der Waals surface area contributed by atoms with Crippen LogP contribution >= 0.6 is 0 Å². The molecule has 0 aliphatic heterocycles. The first-order chi connectivity index (χ1) is 11.7. The average molecular weight is 348 g/mol. The Bertz CT molecular complexity index is 1050. The van der Waals surface area contributed by atoms with E-state index in [0.717, 1.165) is 22.6 Å². The molecule has 0 saturated heterocycles. The molecule has 0 saturated carbocycles. The minimum absolute atomic E-state index is 0.0187. The summed E-state index contributed by atoms with van der Waals surface area (Å²) in [5.41, 5.74) is -2.59. The monoisotopic (exact) mass is 348 g/mol. The first-order valence-electron chi connectivity index (χ1n) is 6.81. The molecular weight excluding hydrogens is 340 g/mol. The van der Waals surface area contributed by atoms with Gasteiger partial charge in [-0.2, -0.15) is 13.2 Å². The Kier molecular flexibility index (Phi) is 3.72. The molecule has 0 bridgehead atoms. The number of hydrogen-bond donors (Lipinski definition) is 1. The molecule has 1 N–H and O–H groups in total. The van der Waals surface area contributed by atoms with E-state index >= 15 is 0 Å². The van der Waals surface area contributed by atoms with Gasteiger partial charge in [-0.25, -0.2) is 14.2 Å². The third-order valence-electron chi connectivity index (χ3n) is 3.52. The van der Waals surface area contributed by atoms with E-state index in [2.05, 4.69) is 4.98 Å². The zero-order valence-electron chi connectivity index (χ0n) is 12.3. The number of alkyl halides is 3. The Balaban J connectivity index is 2.43. The summed E-state index contributed by atoms with van der Waals surface area (Å²) in [6.07, 6.45) is 1.65. The lowest BCUT2D eigenvalue weighted by molar-refractivity contribution is -0.136. The molecule has 0 spiro atoms. The molecule has 2 aromatic heterocycles. The summed E-state index contributed by atoms with van der Waals surface area (Å²) in [5, 5.41) is 9.11. The fourth-order valence-corrected chi connectivity index (χ4v) is 2.47. The van der Waals surface area contributed by atoms with Gasteiger partial charge < -0.3 is 5.11 Å². The largest absolute Gasteiger partial charge is 0.476 e. The van der Waals surface area contributed by atoms with Crippen LogP contribution in [0.3, 0.4) is 0 Å². The predicted molar refractivity (Wildman–Crippen MR) is 80.5 cm³/mol. The van der Waals surface area contributed by atoms with E-state index in [-0.39, 0.29) is 16.8 Å². The number of carbonyl (C=O) groups is 1. The third kappa shape index (κ3) is 2.80. The number of fused-ring (bicyclic) bond motifs is 1. The highest BCUT2D eigenvalue weighted by atomic mass is 19.4. The van der Waals surface area contributed by atoms with Crippen LogP contribution in [-0.2, 0) is 6.18 Å². The number of pyridine rings is 1. The van der Waals surface area contributed by atoms with E-state index in [9.17, 15) is 22.4 Å². The Labute approximate surface area is 138 Å². The smallest absolute Gasteiger partial charge is 0.420 e. The van der Waals surface area contributed by atoms with E-state index in [1.807, 2.05) is 5.92 Å². The SMILES string of the molecule is C#Cc1c(C(=O)O)nc2c(C(F)(F)F)cc(-c3cccc(F)c3)cn12. The zero-order chi connectivity index (χ0) is 18.4. The molecule has 0 fully saturated rings. The molecule has 126 valence electrons. The first kappa shape index (κ1) is 16.5. The van der Waals surface area contributed by atoms with E-state index < -0.39 is 34.9 Å². The minimum Gasteiger partial charge on any atom is -0.476 e. The summed E-state index contributed by atoms with van der Waals surface area (Å²) < 4.78 is 54.5. The zero-order valence-corrected chi connectivity index (χ0v) is 12.3. The van der Waals surface area contributed by atoms with Crippen LogP contribution in [0.25, 0.3) is 16.8 Å². The minimum atomic E-state index is -4.81. The van der Waals surface area contributed by atoms with Gasteiger partial charge in [0.05, 0.1) is 5.56 Å². The molecule has 8 heteroatoms. The van der Waals surface area contributed by atoms with Gasteiger partial charge in [-0.3, -0.25) is 4.40 Å². The second kappa shape index (κ2) is 5.63. The fourth-order valence-electron chi connectivity index (χ4n) is 2.47. The number of aromatic carboxylic acids is 1. The van der Waals surface area contributed by atoms with Crippen LogP contribution in [-0.4, -0.2) is 20.5 Å². The van der Waals surface area contributed by atoms with Crippen molar-refractivity contribution in [2.24, 2.45) is 0 Å². The van der Waals surface area contributed by atoms with Crippen molar-refractivity contribution in [1.29, 1.82) is 0 Å². The van der Waals surface area contributed by atoms with Gasteiger partial charge in [0.15, 0.2) is 11.3 Å². The van der Waals surface area contributed by atoms with Crippen LogP contribution in [0.1, 0.15) is 21.7 Å². The van der Waals surface area contributed by atoms with Gasteiger partial charge in [0.1, 0.15) is 11.5 Å². The van der Waals surface area contributed by atoms with Crippen molar-refractivity contribution in [2.75, 3.05) is 0 Å². The first-order valence-corrected chi connectivity index (χ1v) is 6.81. The molecule has 3 rings (SSSR count). The number of halogens is 4. The van der Waals surface area contributed by atoms with Crippen LogP contribution < -0.4 is 0 Å². The maximum Gasteiger partial charge on any atom is 0.420 e. The number of rotatable bonds is 2. The number of imidazole rings is 1. The normalized spacial score (nSPS) is 11.5. The number of nitrogens with zero attached hydrogens (tertiary/aromatic N) is 2. The highest BCUT2D eigenvalue weighted by molar-refractivity contribution is 5.89. The molecule has 0 radical (unpaired) electrons. The highest BCUT2D eigenvalue weighted by Crippen LogP contribution is 2.36. The van der Waals surface area contributed by atoms with Crippen LogP contribution in [0, 0.1) is 18.2 Å². The Morgan fingerprint density at radius 3 is 2.52 bits per heavy atom. The summed E-state index contributed by atoms with van der Waals surface area (Å²) in [7, 11) is 0. The second-order valence-corrected chi connectivity index (χ2v) is 5.10. The highest BCUT2D eigenvalue weighted by Gasteiger charge is 2.36. The van der Waals surface area contributed by atoms with Crippen LogP contribution in [0.2, 0.25) is 0 Å². The number of carboxylic acid groups (broad SMARTS) is 1. The predicted octanol–water partition coefficient (Wildman–Crippen LogP) is 3.84. The van der Waals surface area contributed by atoms with E-state index in [4.69, 9.17) is 11.5 Å². The Hall–Kier alpha value is -3.34. The molecule has 1 aromatic carbocycles. The summed E-state index contributed by atoms with van der Waals surface area (Å²) in [6, 6.07) is 5.77. The van der Waals surface area contributed by atoms with Crippen molar-refractivity contribution in [2.45, 2.75) is 6.18 Å². The summed E-state index contributed by atoms with van der Waals surface area (Å²) >= 11 is 0. The molecule has 25 heavy (non-hydrogen) atoms. The van der Waals surface area contributed by atoms with Gasteiger partial charge >= 0.3 is 12.1 Å². The molecule has 0 aliphatic carbocycles. The van der Waals surface area contributed by atoms with E-state index in [1.165, 1.54) is 18.3 Å². The van der Waals surface area contributed by atoms with Gasteiger partial charge in [-0.15, -0.1) is 6.42 Å². The second-order valence-electron chi connectivity index (χ2n) is 5.10. The molecular formula is C17H8F4N2O2. The van der Waals surface area contributed by atoms with Gasteiger partial charge in [-0.1, -0.05) is 12.1 Å². The van der Waals surface area contributed by atoms with Crippen molar-refractivity contribution in [3.8, 4) is 23.5 Å². The number of terminal acetylenes is 1. The average Bonchev–Trinajstić information content (AvgIpc) is 2.91. The fraction of sp³-hybridized carbons (Fsp3) is 0.0588. The van der Waals surface area contributed by atoms with Gasteiger partial charge in [0.25, 0.3) is 0 Å². The van der Waals surface area contributed by atoms with Crippen LogP contribution in [0.4, 0.5) is 17.6 Å². The lowest BCUT2D eigenvalue weighted by Crippen LogP contribution is -2.08. The summed E-state index contributed by atoms with van der Waals surface area (Å²) in [4.78, 5) is 14.7. The van der Waals surface area contributed by atoms with Crippen LogP contribution in [0.15, 0.2) is 36.5 Å². The summed E-state index contributed by atoms with van der Waals surface area (Å²) in [5.74, 6) is -0.122. The van der Waals surface area contributed by atoms with Gasteiger partial charge in [-0.05, 0) is 35.2 Å². The topological polar surface area (TPSA) is 54.6 Å². The Morgan fingerprint density at radius 2 is 1.96 bits per heavy atom. The van der Waals surface area contributed by atoms with Crippen molar-refractivity contribution in [1.82, 2.24) is 9.38 Å². The molecule has 0 unspecified atom stereocenters. The number of benzene rings is 1. The molecule has 0 atom stereocenters. The summed E-state index contributed by atoms with van der Waals surface area (Å²) in [6.45, 7) is 0. The molecule has 0 aliphatic rings. The lowest BCUT2D eigenvalue weighted by atomic mass is 10.1. The molecule has 2 heterocycles. The molecule has 0 amide bonds. The van der Waals surface area contributed by atoms with E-state index in [1.54, 1.807) is 0 Å². The number of carboxylic acids is 1. The maximum absolute atomic E-state index is 13.4. The van der Waals surface area contributed by atoms with Crippen molar-refractivity contribution in [3.63, 3.8) is 0 Å². The molecule has 3 aromatic rings. The standard InChI is InChI=1S/C17H8F4N2O2/c1-2-13-14(16(24)25)22-15-12(17(19,20)21)7-10(8-23(13)15)9-4-3-5-11(18)6-9/h1,3-8H,(H,24,25). The quantitative estimate of drug-likeness (QED) is 0.566. The number of aromatic nitrogens is 2. The maximum atomic E-state index is 13.4. The van der Waals surface area contributed by atoms with Crippen molar-refractivity contribution in [3.05, 3.63) is 59.3 Å². The van der Waals surface area contributed by atoms with Crippen LogP contribution in [0.5, 0.6) is 0 Å². The number of hydrogen-bond acceptors (Lipinski definition) is 2.